The molecule has 0 fully saturated rings. The Morgan fingerprint density at radius 3 is 2.41 bits per heavy atom. The Kier molecular flexibility index (Phi) is 8.48. The van der Waals surface area contributed by atoms with Crippen LogP contribution in [0.4, 0.5) is 0 Å². The summed E-state index contributed by atoms with van der Waals surface area (Å²) >= 11 is 13.4. The highest BCUT2D eigenvalue weighted by Gasteiger charge is 2.25. The number of carbonyl (C=O) groups excluding carboxylic acids is 2. The van der Waals surface area contributed by atoms with Gasteiger partial charge in [0.25, 0.3) is 0 Å². The molecule has 2 aromatic rings. The van der Waals surface area contributed by atoms with Crippen molar-refractivity contribution in [3.05, 3.63) is 69.7 Å². The van der Waals surface area contributed by atoms with E-state index in [-0.39, 0.29) is 17.6 Å². The molecule has 0 aliphatic heterocycles. The zero-order valence-corrected chi connectivity index (χ0v) is 17.6. The molecule has 0 heterocycles. The number of benzene rings is 2. The zero-order chi connectivity index (χ0) is 19.8. The second-order valence-electron chi connectivity index (χ2n) is 6.06. The maximum atomic E-state index is 12.8. The first-order chi connectivity index (χ1) is 12.9. The number of nitrogens with zero attached hydrogens (tertiary/aromatic N) is 1. The molecule has 1 N–H and O–H groups in total. The summed E-state index contributed by atoms with van der Waals surface area (Å²) in [5.41, 5.74) is 1.98. The van der Waals surface area contributed by atoms with Crippen molar-refractivity contribution in [2.45, 2.75) is 25.3 Å². The van der Waals surface area contributed by atoms with Gasteiger partial charge < -0.3 is 10.2 Å². The third kappa shape index (κ3) is 6.76. The van der Waals surface area contributed by atoms with Crippen molar-refractivity contribution >= 4 is 46.8 Å². The van der Waals surface area contributed by atoms with Gasteiger partial charge in [-0.1, -0.05) is 47.5 Å². The Hall–Kier alpha value is -1.69. The van der Waals surface area contributed by atoms with Gasteiger partial charge in [-0.3, -0.25) is 9.59 Å². The van der Waals surface area contributed by atoms with Gasteiger partial charge in [-0.25, -0.2) is 0 Å². The van der Waals surface area contributed by atoms with Gasteiger partial charge in [-0.05, 0) is 42.3 Å². The van der Waals surface area contributed by atoms with Crippen LogP contribution in [0.2, 0.25) is 10.0 Å². The minimum absolute atomic E-state index is 0.0926. The van der Waals surface area contributed by atoms with Crippen LogP contribution in [0.25, 0.3) is 0 Å². The predicted octanol–water partition coefficient (Wildman–Crippen LogP) is 4.39. The monoisotopic (exact) mass is 424 g/mol. The van der Waals surface area contributed by atoms with Crippen LogP contribution in [-0.4, -0.2) is 35.6 Å². The number of hydrogen-bond donors (Lipinski definition) is 1. The Balaban J connectivity index is 2.03. The normalized spacial score (nSPS) is 11.7. The van der Waals surface area contributed by atoms with E-state index in [1.165, 1.54) is 11.8 Å². The van der Waals surface area contributed by atoms with E-state index in [0.717, 1.165) is 11.1 Å². The molecule has 0 aliphatic carbocycles. The molecule has 0 radical (unpaired) electrons. The summed E-state index contributed by atoms with van der Waals surface area (Å²) in [6.07, 6.45) is 0. The first-order valence-electron chi connectivity index (χ1n) is 8.48. The summed E-state index contributed by atoms with van der Waals surface area (Å²) in [6, 6.07) is 14.3. The summed E-state index contributed by atoms with van der Waals surface area (Å²) in [7, 11) is 1.57. The molecule has 0 bridgehead atoms. The van der Waals surface area contributed by atoms with Crippen LogP contribution >= 0.6 is 35.0 Å². The van der Waals surface area contributed by atoms with Gasteiger partial charge in [0.15, 0.2) is 0 Å². The molecular weight excluding hydrogens is 403 g/mol. The number of nitrogens with one attached hydrogen (secondary N) is 1. The maximum absolute atomic E-state index is 12.8. The average molecular weight is 425 g/mol. The van der Waals surface area contributed by atoms with Crippen LogP contribution in [-0.2, 0) is 21.9 Å². The fourth-order valence-corrected chi connectivity index (χ4v) is 3.75. The fraction of sp³-hybridized carbons (Fsp3) is 0.300. The van der Waals surface area contributed by atoms with Crippen LogP contribution < -0.4 is 5.32 Å². The Labute approximate surface area is 174 Å². The lowest BCUT2D eigenvalue weighted by Gasteiger charge is -2.28. The molecular formula is C20H22Cl2N2O2S. The van der Waals surface area contributed by atoms with Gasteiger partial charge in [0.05, 0.1) is 5.75 Å². The number of rotatable bonds is 8. The molecule has 7 heteroatoms. The molecule has 0 aliphatic rings. The van der Waals surface area contributed by atoms with Crippen molar-refractivity contribution in [1.29, 1.82) is 0 Å². The van der Waals surface area contributed by atoms with Crippen molar-refractivity contribution in [1.82, 2.24) is 10.2 Å². The van der Waals surface area contributed by atoms with Crippen molar-refractivity contribution in [2.75, 3.05) is 12.8 Å². The largest absolute Gasteiger partial charge is 0.357 e. The van der Waals surface area contributed by atoms with Crippen molar-refractivity contribution in [3.63, 3.8) is 0 Å². The SMILES string of the molecule is CNC(=O)[C@@H](C)N(Cc1cccc(Cl)c1)C(=O)CSCc1ccc(Cl)cc1. The van der Waals surface area contributed by atoms with Gasteiger partial charge in [-0.15, -0.1) is 11.8 Å². The van der Waals surface area contributed by atoms with Crippen molar-refractivity contribution in [3.8, 4) is 0 Å². The summed E-state index contributed by atoms with van der Waals surface area (Å²) in [5, 5.41) is 3.89. The minimum Gasteiger partial charge on any atom is -0.357 e. The smallest absolute Gasteiger partial charge is 0.242 e. The number of amides is 2. The molecule has 2 rings (SSSR count). The molecule has 0 unspecified atom stereocenters. The lowest BCUT2D eigenvalue weighted by atomic mass is 10.1. The molecule has 4 nitrogen and oxygen atoms in total. The van der Waals surface area contributed by atoms with Crippen molar-refractivity contribution in [2.24, 2.45) is 0 Å². The van der Waals surface area contributed by atoms with Crippen LogP contribution in [0.15, 0.2) is 48.5 Å². The molecule has 2 amide bonds. The summed E-state index contributed by atoms with van der Waals surface area (Å²) in [4.78, 5) is 26.5. The van der Waals surface area contributed by atoms with Gasteiger partial charge >= 0.3 is 0 Å². The van der Waals surface area contributed by atoms with Crippen LogP contribution in [0.5, 0.6) is 0 Å². The van der Waals surface area contributed by atoms with Crippen LogP contribution in [0, 0.1) is 0 Å². The summed E-state index contributed by atoms with van der Waals surface area (Å²) < 4.78 is 0. The van der Waals surface area contributed by atoms with Gasteiger partial charge in [-0.2, -0.15) is 0 Å². The highest BCUT2D eigenvalue weighted by Crippen LogP contribution is 2.19. The number of hydrogen-bond acceptors (Lipinski definition) is 3. The summed E-state index contributed by atoms with van der Waals surface area (Å²) in [5.74, 6) is 0.686. The standard InChI is InChI=1S/C20H22Cl2N2O2S/c1-14(20(26)23-2)24(11-16-4-3-5-18(22)10-16)19(25)13-27-12-15-6-8-17(21)9-7-15/h3-10,14H,11-13H2,1-2H3,(H,23,26)/t14-/m1/s1. The fourth-order valence-electron chi connectivity index (χ4n) is 2.54. The molecule has 27 heavy (non-hydrogen) atoms. The number of likely N-dealkylation sites (N-methyl/N-ethyl adjacent to an activating group) is 1. The predicted molar refractivity (Wildman–Crippen MR) is 113 cm³/mol. The molecule has 0 aromatic heterocycles. The number of halogens is 2. The molecule has 2 aromatic carbocycles. The Morgan fingerprint density at radius 1 is 1.07 bits per heavy atom. The molecule has 0 saturated heterocycles. The molecule has 0 saturated carbocycles. The quantitative estimate of drug-likeness (QED) is 0.683. The maximum Gasteiger partial charge on any atom is 0.242 e. The van der Waals surface area contributed by atoms with Gasteiger partial charge in [0, 0.05) is 29.4 Å². The van der Waals surface area contributed by atoms with E-state index in [1.54, 1.807) is 31.0 Å². The highest BCUT2D eigenvalue weighted by molar-refractivity contribution is 7.99. The summed E-state index contributed by atoms with van der Waals surface area (Å²) in [6.45, 7) is 2.06. The topological polar surface area (TPSA) is 49.4 Å². The minimum atomic E-state index is -0.572. The first-order valence-corrected chi connectivity index (χ1v) is 10.4. The van der Waals surface area contributed by atoms with E-state index in [9.17, 15) is 9.59 Å². The van der Waals surface area contributed by atoms with E-state index < -0.39 is 6.04 Å². The first kappa shape index (κ1) is 21.6. The number of thioether (sulfide) groups is 1. The van der Waals surface area contributed by atoms with E-state index in [1.807, 2.05) is 36.4 Å². The Bertz CT molecular complexity index is 784. The zero-order valence-electron chi connectivity index (χ0n) is 15.2. The third-order valence-corrected chi connectivity index (χ3v) is 5.54. The molecule has 0 spiro atoms. The van der Waals surface area contributed by atoms with E-state index in [4.69, 9.17) is 23.2 Å². The van der Waals surface area contributed by atoms with Gasteiger partial charge in [0.1, 0.15) is 6.04 Å². The van der Waals surface area contributed by atoms with E-state index in [2.05, 4.69) is 5.32 Å². The molecule has 1 atom stereocenters. The van der Waals surface area contributed by atoms with E-state index in [0.29, 0.717) is 22.3 Å². The van der Waals surface area contributed by atoms with Crippen molar-refractivity contribution < 1.29 is 9.59 Å². The van der Waals surface area contributed by atoms with Gasteiger partial charge in [0.2, 0.25) is 11.8 Å². The third-order valence-electron chi connectivity index (χ3n) is 4.06. The highest BCUT2D eigenvalue weighted by atomic mass is 35.5. The molecule has 144 valence electrons. The lowest BCUT2D eigenvalue weighted by molar-refractivity contribution is -0.138. The van der Waals surface area contributed by atoms with Crippen LogP contribution in [0.3, 0.4) is 0 Å². The van der Waals surface area contributed by atoms with Crippen LogP contribution in [0.1, 0.15) is 18.1 Å². The average Bonchev–Trinajstić information content (AvgIpc) is 2.66. The second kappa shape index (κ2) is 10.6. The van der Waals surface area contributed by atoms with E-state index >= 15 is 0 Å². The Morgan fingerprint density at radius 2 is 1.78 bits per heavy atom. The second-order valence-corrected chi connectivity index (χ2v) is 7.92. The number of carbonyl (C=O) groups is 2. The lowest BCUT2D eigenvalue weighted by Crippen LogP contribution is -2.47.